The molecule has 16 aromatic rings. The predicted octanol–water partition coefficient (Wildman–Crippen LogP) is 20.4. The number of hydrogen-bond donors (Lipinski definition) is 0. The van der Waals surface area contributed by atoms with Crippen molar-refractivity contribution in [2.24, 2.45) is 0 Å². The molecule has 410 valence electrons. The number of hydrogen-bond acceptors (Lipinski definition) is 3. The van der Waals surface area contributed by atoms with Gasteiger partial charge in [0.05, 0.1) is 33.1 Å². The van der Waals surface area contributed by atoms with Gasteiger partial charge in [-0.3, -0.25) is 4.57 Å². The topological polar surface area (TPSA) is 53.5 Å². The Kier molecular flexibility index (Phi) is 10.4. The zero-order valence-electron chi connectivity index (χ0n) is 48.6. The molecule has 0 saturated heterocycles. The van der Waals surface area contributed by atoms with Crippen molar-refractivity contribution in [3.8, 4) is 84.6 Å². The van der Waals surface area contributed by atoms with Crippen LogP contribution in [0.5, 0.6) is 0 Å². The van der Waals surface area contributed by atoms with Crippen molar-refractivity contribution < 1.29 is 0 Å². The van der Waals surface area contributed by atoms with Gasteiger partial charge in [0.25, 0.3) is 0 Å². The third-order valence-electron chi connectivity index (χ3n) is 19.3. The summed E-state index contributed by atoms with van der Waals surface area (Å²) in [5.74, 6) is 1.79. The molecule has 12 aromatic carbocycles. The molecule has 0 fully saturated rings. The molecule has 4 heterocycles. The Morgan fingerprint density at radius 2 is 0.575 bits per heavy atom. The highest BCUT2D eigenvalue weighted by Crippen LogP contribution is 2.52. The normalized spacial score (nSPS) is 13.7. The Balaban J connectivity index is 0.813. The fourth-order valence-electron chi connectivity index (χ4n) is 15.0. The smallest absolute Gasteiger partial charge is 0.238 e. The number of nitrogens with zero attached hydrogens (tertiary/aromatic N) is 6. The maximum Gasteiger partial charge on any atom is 0.238 e. The highest BCUT2D eigenvalue weighted by Gasteiger charge is 2.37. The lowest BCUT2D eigenvalue weighted by Crippen LogP contribution is -2.15. The molecule has 6 heteroatoms. The van der Waals surface area contributed by atoms with Crippen LogP contribution in [-0.2, 0) is 10.8 Å². The van der Waals surface area contributed by atoms with E-state index in [1.807, 2.05) is 36.4 Å². The molecule has 0 amide bonds. The highest BCUT2D eigenvalue weighted by molar-refractivity contribution is 6.15. The van der Waals surface area contributed by atoms with Gasteiger partial charge in [-0.05, 0) is 152 Å². The monoisotopic (exact) mass is 1110 g/mol. The van der Waals surface area contributed by atoms with Gasteiger partial charge in [0.1, 0.15) is 0 Å². The van der Waals surface area contributed by atoms with Crippen molar-refractivity contribution in [2.75, 3.05) is 0 Å². The van der Waals surface area contributed by atoms with E-state index < -0.39 is 0 Å². The van der Waals surface area contributed by atoms with Crippen LogP contribution in [0, 0.1) is 0 Å². The zero-order chi connectivity index (χ0) is 57.9. The first-order valence-corrected chi connectivity index (χ1v) is 30.2. The Morgan fingerprint density at radius 1 is 0.241 bits per heavy atom. The lowest BCUT2D eigenvalue weighted by molar-refractivity contribution is 0.660. The first-order chi connectivity index (χ1) is 42.6. The Hall–Kier alpha value is -11.0. The van der Waals surface area contributed by atoms with E-state index in [2.05, 4.69) is 272 Å². The summed E-state index contributed by atoms with van der Waals surface area (Å²) >= 11 is 0. The van der Waals surface area contributed by atoms with E-state index >= 15 is 0 Å². The molecule has 0 bridgehead atoms. The van der Waals surface area contributed by atoms with Crippen LogP contribution < -0.4 is 0 Å². The van der Waals surface area contributed by atoms with E-state index in [1.54, 1.807) is 0 Å². The Morgan fingerprint density at radius 3 is 1.00 bits per heavy atom. The number of benzene rings is 12. The third-order valence-corrected chi connectivity index (χ3v) is 19.3. The van der Waals surface area contributed by atoms with E-state index in [1.165, 1.54) is 99.5 Å². The fraction of sp³-hybridized carbons (Fsp3) is 0.0741. The molecular weight excluding hydrogens is 1060 g/mol. The average molecular weight is 1110 g/mol. The van der Waals surface area contributed by atoms with Gasteiger partial charge in [-0.25, -0.2) is 4.98 Å². The first kappa shape index (κ1) is 49.5. The van der Waals surface area contributed by atoms with Crippen molar-refractivity contribution in [3.05, 3.63) is 289 Å². The van der Waals surface area contributed by atoms with Crippen molar-refractivity contribution in [2.45, 2.75) is 38.5 Å². The molecule has 6 nitrogen and oxygen atoms in total. The molecule has 18 rings (SSSR count). The van der Waals surface area contributed by atoms with Gasteiger partial charge in [0, 0.05) is 65.6 Å². The van der Waals surface area contributed by atoms with E-state index in [0.29, 0.717) is 17.6 Å². The summed E-state index contributed by atoms with van der Waals surface area (Å²) in [6.07, 6.45) is 0. The van der Waals surface area contributed by atoms with E-state index in [0.717, 1.165) is 55.2 Å². The quantitative estimate of drug-likeness (QED) is 0.160. The minimum Gasteiger partial charge on any atom is -0.309 e. The summed E-state index contributed by atoms with van der Waals surface area (Å²) in [4.78, 5) is 15.8. The molecule has 0 saturated carbocycles. The number of fused-ring (bicyclic) bond motifs is 15. The van der Waals surface area contributed by atoms with E-state index in [9.17, 15) is 0 Å². The molecule has 0 spiro atoms. The summed E-state index contributed by atoms with van der Waals surface area (Å²) < 4.78 is 7.14. The summed E-state index contributed by atoms with van der Waals surface area (Å²) in [6.45, 7) is 9.44. The summed E-state index contributed by atoms with van der Waals surface area (Å²) in [6, 6.07) is 97.9. The molecule has 2 aliphatic carbocycles. The van der Waals surface area contributed by atoms with Gasteiger partial charge in [-0.2, -0.15) is 9.97 Å². The van der Waals surface area contributed by atoms with Gasteiger partial charge in [-0.1, -0.05) is 210 Å². The molecule has 0 unspecified atom stereocenters. The van der Waals surface area contributed by atoms with Gasteiger partial charge in [0.2, 0.25) is 5.95 Å². The van der Waals surface area contributed by atoms with E-state index in [4.69, 9.17) is 15.0 Å². The van der Waals surface area contributed by atoms with Crippen molar-refractivity contribution in [1.29, 1.82) is 0 Å². The van der Waals surface area contributed by atoms with E-state index in [-0.39, 0.29) is 10.8 Å². The fourth-order valence-corrected chi connectivity index (χ4v) is 15.0. The summed E-state index contributed by atoms with van der Waals surface area (Å²) in [7, 11) is 0. The van der Waals surface area contributed by atoms with Gasteiger partial charge in [0.15, 0.2) is 11.6 Å². The van der Waals surface area contributed by atoms with Gasteiger partial charge >= 0.3 is 0 Å². The lowest BCUT2D eigenvalue weighted by atomic mass is 9.82. The summed E-state index contributed by atoms with van der Waals surface area (Å²) in [5.41, 5.74) is 26.0. The second kappa shape index (κ2) is 18.3. The second-order valence-electron chi connectivity index (χ2n) is 24.8. The van der Waals surface area contributed by atoms with Crippen LogP contribution in [0.25, 0.3) is 150 Å². The molecule has 4 aromatic heterocycles. The minimum atomic E-state index is -0.112. The molecule has 87 heavy (non-hydrogen) atoms. The van der Waals surface area contributed by atoms with Crippen LogP contribution in [0.1, 0.15) is 49.9 Å². The maximum absolute atomic E-state index is 5.32. The second-order valence-corrected chi connectivity index (χ2v) is 24.8. The minimum absolute atomic E-state index is 0.112. The summed E-state index contributed by atoms with van der Waals surface area (Å²) in [5, 5.41) is 7.09. The SMILES string of the molecule is CC1(C)c2ccccc2-c2ccc(-n3c4ccccc4c4cc(-c5ccc6c(c5)c5cc(-c7ccc8c(c7)c7ccccc7n8-c7ccc8c(c7)C(C)(C)c7ccccc7-8)ccc5n6-c5nc(-c6ccccc6)nc(-c6ccccc6)n5)ccc43)cc21. The van der Waals surface area contributed by atoms with Crippen LogP contribution in [0.2, 0.25) is 0 Å². The molecule has 0 aliphatic heterocycles. The molecule has 0 atom stereocenters. The maximum atomic E-state index is 5.32. The molecular formula is C81H56N6. The Bertz CT molecular complexity index is 5240. The van der Waals surface area contributed by atoms with Crippen LogP contribution >= 0.6 is 0 Å². The third kappa shape index (κ3) is 7.25. The van der Waals surface area contributed by atoms with Crippen LogP contribution in [0.3, 0.4) is 0 Å². The zero-order valence-corrected chi connectivity index (χ0v) is 48.6. The van der Waals surface area contributed by atoms with Gasteiger partial charge < -0.3 is 9.13 Å². The van der Waals surface area contributed by atoms with Crippen molar-refractivity contribution in [1.82, 2.24) is 28.7 Å². The van der Waals surface area contributed by atoms with Crippen molar-refractivity contribution >= 4 is 65.4 Å². The van der Waals surface area contributed by atoms with Crippen LogP contribution in [-0.4, -0.2) is 28.7 Å². The number of rotatable bonds is 7. The van der Waals surface area contributed by atoms with Gasteiger partial charge in [-0.15, -0.1) is 0 Å². The molecule has 0 radical (unpaired) electrons. The molecule has 0 N–H and O–H groups in total. The van der Waals surface area contributed by atoms with Crippen molar-refractivity contribution in [3.63, 3.8) is 0 Å². The molecule has 2 aliphatic rings. The predicted molar refractivity (Wildman–Crippen MR) is 360 cm³/mol. The largest absolute Gasteiger partial charge is 0.309 e. The average Bonchev–Trinajstić information content (AvgIpc) is 1.94. The van der Waals surface area contributed by atoms with Crippen LogP contribution in [0.15, 0.2) is 267 Å². The standard InChI is InChI=1S/C81H56N6/c1-80(2)67-27-15-11-23-57(67)59-37-35-55(47-69(59)80)85-71-29-17-13-25-61(71)63-43-51(31-39-73(63)85)53-33-41-75-65(45-53)66-46-54(34-42-76(66)87(75)79-83-77(49-19-7-5-8-20-49)82-78(84-79)50-21-9-6-10-22-50)52-32-40-74-64(44-52)62-26-14-18-30-72(62)86(74)56-36-38-60-58-24-12-16-28-68(58)81(3,4)70(60)48-56/h5-48H,1-4H3. The van der Waals surface area contributed by atoms with Crippen LogP contribution in [0.4, 0.5) is 0 Å². The first-order valence-electron chi connectivity index (χ1n) is 30.2. The highest BCUT2D eigenvalue weighted by atomic mass is 15.2. The lowest BCUT2D eigenvalue weighted by Gasteiger charge is -2.22. The Labute approximate surface area is 503 Å². The number of aromatic nitrogens is 6. The number of para-hydroxylation sites is 2.